The van der Waals surface area contributed by atoms with Gasteiger partial charge in [-0.15, -0.1) is 0 Å². The van der Waals surface area contributed by atoms with E-state index >= 15 is 0 Å². The number of rotatable bonds is 4. The number of amides is 1. The monoisotopic (exact) mass is 288 g/mol. The van der Waals surface area contributed by atoms with Crippen LogP contribution in [-0.2, 0) is 20.7 Å². The molecule has 1 aliphatic heterocycles. The molecule has 1 aliphatic rings. The van der Waals surface area contributed by atoms with Crippen LogP contribution in [0.3, 0.4) is 0 Å². The summed E-state index contributed by atoms with van der Waals surface area (Å²) in [6.07, 6.45) is 2.24. The molecule has 2 heterocycles. The highest BCUT2D eigenvalue weighted by atomic mass is 16.5. The molecule has 112 valence electrons. The van der Waals surface area contributed by atoms with Crippen molar-refractivity contribution in [3.63, 3.8) is 0 Å². The highest BCUT2D eigenvalue weighted by Crippen LogP contribution is 2.21. The van der Waals surface area contributed by atoms with Crippen LogP contribution in [0.2, 0.25) is 0 Å². The van der Waals surface area contributed by atoms with Gasteiger partial charge < -0.3 is 19.4 Å². The van der Waals surface area contributed by atoms with E-state index in [2.05, 4.69) is 4.98 Å². The second-order valence-corrected chi connectivity index (χ2v) is 5.38. The SMILES string of the molecule is COC1CN(C(=O)Cc2c[nH]c3ccccc23)CC1OC. The number of aromatic amines is 1. The lowest BCUT2D eigenvalue weighted by Gasteiger charge is -2.15. The van der Waals surface area contributed by atoms with Gasteiger partial charge in [0, 0.05) is 44.4 Å². The molecule has 0 bridgehead atoms. The molecule has 1 saturated heterocycles. The fourth-order valence-corrected chi connectivity index (χ4v) is 2.95. The van der Waals surface area contributed by atoms with Crippen molar-refractivity contribution in [2.45, 2.75) is 18.6 Å². The van der Waals surface area contributed by atoms with Crippen molar-refractivity contribution in [1.82, 2.24) is 9.88 Å². The molecule has 5 heteroatoms. The topological polar surface area (TPSA) is 54.6 Å². The Kier molecular flexibility index (Phi) is 3.94. The quantitative estimate of drug-likeness (QED) is 0.929. The maximum absolute atomic E-state index is 12.5. The Bertz CT molecular complexity index is 625. The first-order valence-electron chi connectivity index (χ1n) is 7.11. The number of hydrogen-bond acceptors (Lipinski definition) is 3. The number of carbonyl (C=O) groups excluding carboxylic acids is 1. The maximum atomic E-state index is 12.5. The molecule has 3 rings (SSSR count). The second kappa shape index (κ2) is 5.87. The average molecular weight is 288 g/mol. The number of aromatic nitrogens is 1. The van der Waals surface area contributed by atoms with Crippen LogP contribution in [0.25, 0.3) is 10.9 Å². The molecule has 1 fully saturated rings. The van der Waals surface area contributed by atoms with E-state index < -0.39 is 0 Å². The Balaban J connectivity index is 1.72. The molecular formula is C16H20N2O3. The summed E-state index contributed by atoms with van der Waals surface area (Å²) in [6, 6.07) is 8.02. The van der Waals surface area contributed by atoms with Crippen molar-refractivity contribution >= 4 is 16.8 Å². The van der Waals surface area contributed by atoms with Gasteiger partial charge in [0.2, 0.25) is 5.91 Å². The summed E-state index contributed by atoms with van der Waals surface area (Å²) in [5, 5.41) is 1.11. The minimum Gasteiger partial charge on any atom is -0.377 e. The molecule has 0 aliphatic carbocycles. The van der Waals surface area contributed by atoms with Crippen molar-refractivity contribution in [3.8, 4) is 0 Å². The van der Waals surface area contributed by atoms with E-state index in [1.54, 1.807) is 14.2 Å². The van der Waals surface area contributed by atoms with Crippen LogP contribution in [-0.4, -0.2) is 55.3 Å². The minimum atomic E-state index is -0.0399. The molecule has 2 unspecified atom stereocenters. The van der Waals surface area contributed by atoms with Crippen LogP contribution in [0.5, 0.6) is 0 Å². The zero-order chi connectivity index (χ0) is 14.8. The predicted octanol–water partition coefficient (Wildman–Crippen LogP) is 1.58. The first-order valence-corrected chi connectivity index (χ1v) is 7.11. The molecule has 1 N–H and O–H groups in total. The van der Waals surface area contributed by atoms with Crippen LogP contribution < -0.4 is 0 Å². The van der Waals surface area contributed by atoms with E-state index in [4.69, 9.17) is 9.47 Å². The highest BCUT2D eigenvalue weighted by molar-refractivity contribution is 5.89. The number of likely N-dealkylation sites (tertiary alicyclic amines) is 1. The lowest BCUT2D eigenvalue weighted by atomic mass is 10.1. The minimum absolute atomic E-state index is 0.0399. The van der Waals surface area contributed by atoms with E-state index in [1.807, 2.05) is 35.4 Å². The Morgan fingerprint density at radius 1 is 1.24 bits per heavy atom. The van der Waals surface area contributed by atoms with Gasteiger partial charge in [-0.2, -0.15) is 0 Å². The summed E-state index contributed by atoms with van der Waals surface area (Å²) in [4.78, 5) is 17.5. The van der Waals surface area contributed by atoms with Crippen LogP contribution in [0.15, 0.2) is 30.5 Å². The van der Waals surface area contributed by atoms with Gasteiger partial charge in [0.15, 0.2) is 0 Å². The van der Waals surface area contributed by atoms with E-state index in [-0.39, 0.29) is 18.1 Å². The van der Waals surface area contributed by atoms with Crippen molar-refractivity contribution in [2.75, 3.05) is 27.3 Å². The third-order valence-corrected chi connectivity index (χ3v) is 4.19. The summed E-state index contributed by atoms with van der Waals surface area (Å²) in [7, 11) is 3.31. The number of nitrogens with zero attached hydrogens (tertiary/aromatic N) is 1. The van der Waals surface area contributed by atoms with Crippen LogP contribution >= 0.6 is 0 Å². The highest BCUT2D eigenvalue weighted by Gasteiger charge is 2.35. The lowest BCUT2D eigenvalue weighted by Crippen LogP contribution is -2.31. The molecule has 0 radical (unpaired) electrons. The van der Waals surface area contributed by atoms with Gasteiger partial charge in [0.1, 0.15) is 12.2 Å². The van der Waals surface area contributed by atoms with E-state index in [0.29, 0.717) is 19.5 Å². The van der Waals surface area contributed by atoms with Gasteiger partial charge >= 0.3 is 0 Å². The molecule has 5 nitrogen and oxygen atoms in total. The van der Waals surface area contributed by atoms with Gasteiger partial charge in [-0.05, 0) is 11.6 Å². The van der Waals surface area contributed by atoms with Gasteiger partial charge in [-0.1, -0.05) is 18.2 Å². The number of H-pyrrole nitrogens is 1. The van der Waals surface area contributed by atoms with Crippen LogP contribution in [0.1, 0.15) is 5.56 Å². The summed E-state index contributed by atoms with van der Waals surface area (Å²) in [6.45, 7) is 1.19. The number of para-hydroxylation sites is 1. The molecule has 21 heavy (non-hydrogen) atoms. The van der Waals surface area contributed by atoms with E-state index in [1.165, 1.54) is 0 Å². The number of methoxy groups -OCH3 is 2. The Hall–Kier alpha value is -1.85. The van der Waals surface area contributed by atoms with Crippen molar-refractivity contribution < 1.29 is 14.3 Å². The lowest BCUT2D eigenvalue weighted by molar-refractivity contribution is -0.130. The maximum Gasteiger partial charge on any atom is 0.227 e. The molecule has 0 saturated carbocycles. The molecule has 0 spiro atoms. The summed E-state index contributed by atoms with van der Waals surface area (Å²) >= 11 is 0. The van der Waals surface area contributed by atoms with Crippen LogP contribution in [0.4, 0.5) is 0 Å². The first kappa shape index (κ1) is 14.1. The van der Waals surface area contributed by atoms with Crippen LogP contribution in [0, 0.1) is 0 Å². The fraction of sp³-hybridized carbons (Fsp3) is 0.438. The average Bonchev–Trinajstić information content (AvgIpc) is 3.11. The summed E-state index contributed by atoms with van der Waals surface area (Å²) < 4.78 is 10.8. The summed E-state index contributed by atoms with van der Waals surface area (Å²) in [5.41, 5.74) is 2.09. The second-order valence-electron chi connectivity index (χ2n) is 5.38. The Morgan fingerprint density at radius 3 is 2.57 bits per heavy atom. The Morgan fingerprint density at radius 2 is 1.90 bits per heavy atom. The summed E-state index contributed by atoms with van der Waals surface area (Å²) in [5.74, 6) is 0.112. The standard InChI is InChI=1S/C16H20N2O3/c1-20-14-9-18(10-15(14)21-2)16(19)7-11-8-17-13-6-4-3-5-12(11)13/h3-6,8,14-15,17H,7,9-10H2,1-2H3. The molecule has 1 aromatic heterocycles. The van der Waals surface area contributed by atoms with Crippen molar-refractivity contribution in [1.29, 1.82) is 0 Å². The smallest absolute Gasteiger partial charge is 0.227 e. The number of benzene rings is 1. The molecular weight excluding hydrogens is 268 g/mol. The predicted molar refractivity (Wildman–Crippen MR) is 80.2 cm³/mol. The first-order chi connectivity index (χ1) is 10.2. The number of ether oxygens (including phenoxy) is 2. The molecule has 2 aromatic rings. The van der Waals surface area contributed by atoms with Gasteiger partial charge in [-0.25, -0.2) is 0 Å². The largest absolute Gasteiger partial charge is 0.377 e. The number of nitrogens with one attached hydrogen (secondary N) is 1. The fourth-order valence-electron chi connectivity index (χ4n) is 2.95. The van der Waals surface area contributed by atoms with Crippen molar-refractivity contribution in [2.24, 2.45) is 0 Å². The number of fused-ring (bicyclic) bond motifs is 1. The van der Waals surface area contributed by atoms with Gasteiger partial charge in [0.05, 0.1) is 6.42 Å². The third kappa shape index (κ3) is 2.66. The molecule has 1 amide bonds. The number of hydrogen-bond donors (Lipinski definition) is 1. The van der Waals surface area contributed by atoms with Gasteiger partial charge in [-0.3, -0.25) is 4.79 Å². The third-order valence-electron chi connectivity index (χ3n) is 4.19. The van der Waals surface area contributed by atoms with E-state index in [0.717, 1.165) is 16.5 Å². The number of carbonyl (C=O) groups is 1. The molecule has 2 atom stereocenters. The Labute approximate surface area is 123 Å². The van der Waals surface area contributed by atoms with Crippen molar-refractivity contribution in [3.05, 3.63) is 36.0 Å². The normalized spacial score (nSPS) is 22.1. The van der Waals surface area contributed by atoms with E-state index in [9.17, 15) is 4.79 Å². The molecule has 1 aromatic carbocycles. The zero-order valence-corrected chi connectivity index (χ0v) is 12.3. The zero-order valence-electron chi connectivity index (χ0n) is 12.3. The van der Waals surface area contributed by atoms with Gasteiger partial charge in [0.25, 0.3) is 0 Å².